The van der Waals surface area contributed by atoms with Gasteiger partial charge in [0.2, 0.25) is 0 Å². The molecule has 0 aromatic carbocycles. The third-order valence-corrected chi connectivity index (χ3v) is 3.84. The Morgan fingerprint density at radius 2 is 1.95 bits per heavy atom. The van der Waals surface area contributed by atoms with Gasteiger partial charge in [-0.1, -0.05) is 6.92 Å². The minimum absolute atomic E-state index is 0.289. The molecule has 1 aliphatic heterocycles. The summed E-state index contributed by atoms with van der Waals surface area (Å²) < 4.78 is 1.44. The molecule has 0 unspecified atom stereocenters. The number of nitriles is 1. The topological polar surface area (TPSA) is 96.7 Å². The van der Waals surface area contributed by atoms with E-state index in [0.717, 1.165) is 25.9 Å². The van der Waals surface area contributed by atoms with Crippen molar-refractivity contribution in [1.29, 1.82) is 5.26 Å². The summed E-state index contributed by atoms with van der Waals surface area (Å²) in [5, 5.41) is 13.9. The molecule has 1 saturated heterocycles. The SMILES string of the molecule is CC1CCN(c2nn(-c3ncccn3)c(N)c2C#N)CC1. The summed E-state index contributed by atoms with van der Waals surface area (Å²) in [4.78, 5) is 10.4. The van der Waals surface area contributed by atoms with E-state index in [1.54, 1.807) is 18.5 Å². The Hall–Kier alpha value is -2.62. The molecule has 0 radical (unpaired) electrons. The number of aromatic nitrogens is 4. The van der Waals surface area contributed by atoms with Gasteiger partial charge in [0, 0.05) is 25.5 Å². The first-order valence-corrected chi connectivity index (χ1v) is 7.01. The summed E-state index contributed by atoms with van der Waals surface area (Å²) in [6.45, 7) is 4.03. The van der Waals surface area contributed by atoms with Gasteiger partial charge in [-0.3, -0.25) is 0 Å². The molecule has 1 fully saturated rings. The second-order valence-electron chi connectivity index (χ2n) is 5.33. The smallest absolute Gasteiger partial charge is 0.252 e. The van der Waals surface area contributed by atoms with Gasteiger partial charge >= 0.3 is 0 Å². The zero-order valence-corrected chi connectivity index (χ0v) is 11.9. The quantitative estimate of drug-likeness (QED) is 0.893. The number of hydrogen-bond donors (Lipinski definition) is 1. The molecule has 2 aromatic rings. The second-order valence-corrected chi connectivity index (χ2v) is 5.33. The van der Waals surface area contributed by atoms with Gasteiger partial charge in [-0.05, 0) is 24.8 Å². The van der Waals surface area contributed by atoms with Gasteiger partial charge < -0.3 is 10.6 Å². The van der Waals surface area contributed by atoms with Crippen LogP contribution in [-0.2, 0) is 0 Å². The molecular formula is C14H17N7. The number of anilines is 2. The standard InChI is InChI=1S/C14H17N7/c1-10-3-7-20(8-4-10)13-11(9-15)12(16)21(19-13)14-17-5-2-6-18-14/h2,5-6,10H,3-4,7-8,16H2,1H3. The maximum absolute atomic E-state index is 9.39. The minimum atomic E-state index is 0.289. The summed E-state index contributed by atoms with van der Waals surface area (Å²) in [6.07, 6.45) is 5.44. The first-order valence-electron chi connectivity index (χ1n) is 7.01. The summed E-state index contributed by atoms with van der Waals surface area (Å²) in [5.74, 6) is 2.01. The predicted octanol–water partition coefficient (Wildman–Crippen LogP) is 1.35. The number of piperidine rings is 1. The van der Waals surface area contributed by atoms with Gasteiger partial charge in [-0.25, -0.2) is 9.97 Å². The fourth-order valence-corrected chi connectivity index (χ4v) is 2.52. The van der Waals surface area contributed by atoms with Crippen LogP contribution >= 0.6 is 0 Å². The lowest BCUT2D eigenvalue weighted by atomic mass is 9.99. The van der Waals surface area contributed by atoms with Gasteiger partial charge in [0.25, 0.3) is 5.95 Å². The highest BCUT2D eigenvalue weighted by Crippen LogP contribution is 2.29. The van der Waals surface area contributed by atoms with Crippen LogP contribution in [0.3, 0.4) is 0 Å². The van der Waals surface area contributed by atoms with Crippen molar-refractivity contribution in [3.05, 3.63) is 24.0 Å². The van der Waals surface area contributed by atoms with E-state index >= 15 is 0 Å². The summed E-state index contributed by atoms with van der Waals surface area (Å²) in [6, 6.07) is 3.88. The molecule has 0 spiro atoms. The number of nitrogens with zero attached hydrogens (tertiary/aromatic N) is 6. The molecule has 0 saturated carbocycles. The Morgan fingerprint density at radius 3 is 2.57 bits per heavy atom. The Labute approximate surface area is 123 Å². The lowest BCUT2D eigenvalue weighted by Gasteiger charge is -2.30. The van der Waals surface area contributed by atoms with E-state index in [-0.39, 0.29) is 5.82 Å². The van der Waals surface area contributed by atoms with E-state index in [2.05, 4.69) is 33.0 Å². The Bertz CT molecular complexity index is 663. The largest absolute Gasteiger partial charge is 0.382 e. The van der Waals surface area contributed by atoms with Crippen LogP contribution < -0.4 is 10.6 Å². The van der Waals surface area contributed by atoms with Gasteiger partial charge in [0.1, 0.15) is 11.6 Å². The van der Waals surface area contributed by atoms with Crippen LogP contribution in [0.5, 0.6) is 0 Å². The van der Waals surface area contributed by atoms with Crippen molar-refractivity contribution in [3.63, 3.8) is 0 Å². The molecule has 0 amide bonds. The van der Waals surface area contributed by atoms with E-state index in [4.69, 9.17) is 5.73 Å². The van der Waals surface area contributed by atoms with Crippen LogP contribution in [0.2, 0.25) is 0 Å². The predicted molar refractivity (Wildman–Crippen MR) is 78.9 cm³/mol. The van der Waals surface area contributed by atoms with Crippen LogP contribution in [0.1, 0.15) is 25.3 Å². The highest BCUT2D eigenvalue weighted by molar-refractivity contribution is 5.66. The fourth-order valence-electron chi connectivity index (χ4n) is 2.52. The first-order chi connectivity index (χ1) is 10.2. The van der Waals surface area contributed by atoms with E-state index < -0.39 is 0 Å². The molecule has 2 aromatic heterocycles. The normalized spacial score (nSPS) is 15.9. The molecule has 7 heteroatoms. The summed E-state index contributed by atoms with van der Waals surface area (Å²) >= 11 is 0. The molecule has 3 rings (SSSR count). The van der Waals surface area contributed by atoms with E-state index in [1.807, 2.05) is 0 Å². The second kappa shape index (κ2) is 5.40. The highest BCUT2D eigenvalue weighted by atomic mass is 15.4. The number of hydrogen-bond acceptors (Lipinski definition) is 6. The molecule has 1 aliphatic rings. The van der Waals surface area contributed by atoms with Crippen LogP contribution in [0.15, 0.2) is 18.5 Å². The molecule has 108 valence electrons. The lowest BCUT2D eigenvalue weighted by Crippen LogP contribution is -2.33. The molecule has 0 bridgehead atoms. The van der Waals surface area contributed by atoms with Gasteiger partial charge in [0.05, 0.1) is 0 Å². The van der Waals surface area contributed by atoms with Gasteiger partial charge in [0.15, 0.2) is 11.6 Å². The zero-order chi connectivity index (χ0) is 14.8. The van der Waals surface area contributed by atoms with Crippen molar-refractivity contribution in [3.8, 4) is 12.0 Å². The lowest BCUT2D eigenvalue weighted by molar-refractivity contribution is 0.436. The van der Waals surface area contributed by atoms with Crippen LogP contribution in [0.25, 0.3) is 5.95 Å². The third kappa shape index (κ3) is 2.40. The Kier molecular flexibility index (Phi) is 3.44. The van der Waals surface area contributed by atoms with Crippen molar-refractivity contribution in [2.45, 2.75) is 19.8 Å². The van der Waals surface area contributed by atoms with Crippen molar-refractivity contribution in [1.82, 2.24) is 19.7 Å². The summed E-state index contributed by atoms with van der Waals surface area (Å²) in [5.41, 5.74) is 6.45. The Balaban J connectivity index is 2.00. The van der Waals surface area contributed by atoms with Crippen LogP contribution in [-0.4, -0.2) is 32.8 Å². The average molecular weight is 283 g/mol. The molecule has 7 nitrogen and oxygen atoms in total. The van der Waals surface area contributed by atoms with Gasteiger partial charge in [-0.2, -0.15) is 9.94 Å². The van der Waals surface area contributed by atoms with Crippen molar-refractivity contribution in [2.75, 3.05) is 23.7 Å². The van der Waals surface area contributed by atoms with Crippen molar-refractivity contribution in [2.24, 2.45) is 5.92 Å². The van der Waals surface area contributed by atoms with Crippen molar-refractivity contribution < 1.29 is 0 Å². The fraction of sp³-hybridized carbons (Fsp3) is 0.429. The van der Waals surface area contributed by atoms with E-state index in [1.165, 1.54) is 4.68 Å². The molecule has 0 aliphatic carbocycles. The van der Waals surface area contributed by atoms with Gasteiger partial charge in [-0.15, -0.1) is 5.10 Å². The van der Waals surface area contributed by atoms with E-state index in [0.29, 0.717) is 23.2 Å². The number of rotatable bonds is 2. The zero-order valence-electron chi connectivity index (χ0n) is 11.9. The molecular weight excluding hydrogens is 266 g/mol. The molecule has 3 heterocycles. The highest BCUT2D eigenvalue weighted by Gasteiger charge is 2.25. The van der Waals surface area contributed by atoms with E-state index in [9.17, 15) is 5.26 Å². The molecule has 2 N–H and O–H groups in total. The average Bonchev–Trinajstić information content (AvgIpc) is 2.85. The first kappa shape index (κ1) is 13.4. The molecule has 0 atom stereocenters. The van der Waals surface area contributed by atoms with Crippen LogP contribution in [0, 0.1) is 17.2 Å². The monoisotopic (exact) mass is 283 g/mol. The maximum Gasteiger partial charge on any atom is 0.252 e. The summed E-state index contributed by atoms with van der Waals surface area (Å²) in [7, 11) is 0. The van der Waals surface area contributed by atoms with Crippen LogP contribution in [0.4, 0.5) is 11.6 Å². The maximum atomic E-state index is 9.39. The molecule has 21 heavy (non-hydrogen) atoms. The minimum Gasteiger partial charge on any atom is -0.382 e. The number of nitrogen functional groups attached to an aromatic ring is 1. The number of nitrogens with two attached hydrogens (primary N) is 1. The van der Waals surface area contributed by atoms with Crippen molar-refractivity contribution >= 4 is 11.6 Å². The Morgan fingerprint density at radius 1 is 1.29 bits per heavy atom. The third-order valence-electron chi connectivity index (χ3n) is 3.84.